The number of hydrogen-bond donors (Lipinski definition) is 2. The Balaban J connectivity index is 5.32. The molecular weight excluding hydrogens is 400 g/mol. The second-order valence-corrected chi connectivity index (χ2v) is 9.82. The fourth-order valence-corrected chi connectivity index (χ4v) is 4.85. The van der Waals surface area contributed by atoms with Crippen LogP contribution in [0.1, 0.15) is 143 Å². The number of ether oxygens (including phenoxy) is 1. The Kier molecular flexibility index (Phi) is 18.7. The van der Waals surface area contributed by atoms with Gasteiger partial charge in [-0.05, 0) is 31.6 Å². The van der Waals surface area contributed by atoms with Gasteiger partial charge in [0, 0.05) is 0 Å². The molecule has 0 bridgehead atoms. The molecular formula is C27H54N2O3. The van der Waals surface area contributed by atoms with Crippen LogP contribution >= 0.6 is 0 Å². The summed E-state index contributed by atoms with van der Waals surface area (Å²) < 4.78 is 6.01. The second-order valence-electron chi connectivity index (χ2n) is 9.82. The first kappa shape index (κ1) is 30.9. The average molecular weight is 455 g/mol. The standard InChI is InChI=1S/C27H54N2O3/c1-5-8-11-13-15-18-21-27(20-17-10-7-3,22-19-16-14-12-9-6-2)23(4)32-24(25(28)30)26(29)31/h23-24H,5-22H2,1-4H3,(H2,28,30)(H2,29,31). The van der Waals surface area contributed by atoms with Gasteiger partial charge in [-0.25, -0.2) is 0 Å². The lowest BCUT2D eigenvalue weighted by Gasteiger charge is -2.41. The van der Waals surface area contributed by atoms with Crippen LogP contribution in [0.5, 0.6) is 0 Å². The maximum Gasteiger partial charge on any atom is 0.256 e. The summed E-state index contributed by atoms with van der Waals surface area (Å²) in [5.41, 5.74) is 10.8. The van der Waals surface area contributed by atoms with Gasteiger partial charge >= 0.3 is 0 Å². The molecule has 1 atom stereocenters. The molecule has 4 N–H and O–H groups in total. The molecule has 0 radical (unpaired) electrons. The Hall–Kier alpha value is -1.10. The maximum atomic E-state index is 11.8. The van der Waals surface area contributed by atoms with E-state index >= 15 is 0 Å². The number of unbranched alkanes of at least 4 members (excludes halogenated alkanes) is 12. The van der Waals surface area contributed by atoms with E-state index < -0.39 is 17.9 Å². The Morgan fingerprint density at radius 1 is 0.625 bits per heavy atom. The quantitative estimate of drug-likeness (QED) is 0.131. The second kappa shape index (κ2) is 19.4. The summed E-state index contributed by atoms with van der Waals surface area (Å²) in [6.45, 7) is 8.73. The zero-order valence-corrected chi connectivity index (χ0v) is 21.8. The monoisotopic (exact) mass is 454 g/mol. The van der Waals surface area contributed by atoms with E-state index in [1.54, 1.807) is 0 Å². The summed E-state index contributed by atoms with van der Waals surface area (Å²) in [7, 11) is 0. The molecule has 5 nitrogen and oxygen atoms in total. The summed E-state index contributed by atoms with van der Waals surface area (Å²) in [6.07, 6.45) is 20.2. The highest BCUT2D eigenvalue weighted by molar-refractivity contribution is 6.01. The van der Waals surface area contributed by atoms with Crippen molar-refractivity contribution in [1.29, 1.82) is 0 Å². The third kappa shape index (κ3) is 13.4. The smallest absolute Gasteiger partial charge is 0.256 e. The zero-order chi connectivity index (χ0) is 24.2. The van der Waals surface area contributed by atoms with Gasteiger partial charge in [-0.1, -0.05) is 117 Å². The highest BCUT2D eigenvalue weighted by atomic mass is 16.5. The first-order chi connectivity index (χ1) is 15.3. The van der Waals surface area contributed by atoms with Gasteiger partial charge in [0.2, 0.25) is 6.10 Å². The highest BCUT2D eigenvalue weighted by Gasteiger charge is 2.38. The number of primary amides is 2. The number of hydrogen-bond acceptors (Lipinski definition) is 3. The lowest BCUT2D eigenvalue weighted by Crippen LogP contribution is -2.47. The van der Waals surface area contributed by atoms with Crippen LogP contribution in [0.3, 0.4) is 0 Å². The van der Waals surface area contributed by atoms with E-state index in [4.69, 9.17) is 16.2 Å². The molecule has 5 heteroatoms. The van der Waals surface area contributed by atoms with Crippen molar-refractivity contribution in [3.05, 3.63) is 0 Å². The van der Waals surface area contributed by atoms with Crippen molar-refractivity contribution in [2.24, 2.45) is 16.9 Å². The number of carbonyl (C=O) groups excluding carboxylic acids is 2. The normalized spacial score (nSPS) is 12.9. The van der Waals surface area contributed by atoms with Gasteiger partial charge in [-0.2, -0.15) is 0 Å². The van der Waals surface area contributed by atoms with Gasteiger partial charge in [-0.3, -0.25) is 9.59 Å². The van der Waals surface area contributed by atoms with Crippen LogP contribution in [0.2, 0.25) is 0 Å². The van der Waals surface area contributed by atoms with E-state index in [2.05, 4.69) is 20.8 Å². The van der Waals surface area contributed by atoms with Gasteiger partial charge < -0.3 is 16.2 Å². The molecule has 0 rings (SSSR count). The molecule has 0 aromatic rings. The summed E-state index contributed by atoms with van der Waals surface area (Å²) in [5, 5.41) is 0. The number of amides is 2. The Labute approximate surface area is 198 Å². The molecule has 0 heterocycles. The molecule has 0 aromatic carbocycles. The highest BCUT2D eigenvalue weighted by Crippen LogP contribution is 2.42. The lowest BCUT2D eigenvalue weighted by atomic mass is 9.70. The van der Waals surface area contributed by atoms with E-state index in [0.29, 0.717) is 0 Å². The Morgan fingerprint density at radius 2 is 0.938 bits per heavy atom. The van der Waals surface area contributed by atoms with E-state index in [9.17, 15) is 9.59 Å². The minimum Gasteiger partial charge on any atom is -0.367 e. The van der Waals surface area contributed by atoms with E-state index in [0.717, 1.165) is 38.5 Å². The summed E-state index contributed by atoms with van der Waals surface area (Å²) >= 11 is 0. The molecule has 0 aliphatic rings. The first-order valence-corrected chi connectivity index (χ1v) is 13.6. The predicted octanol–water partition coefficient (Wildman–Crippen LogP) is 6.80. The molecule has 1 unspecified atom stereocenters. The number of rotatable bonds is 23. The van der Waals surface area contributed by atoms with Crippen molar-refractivity contribution in [3.8, 4) is 0 Å². The fraction of sp³-hybridized carbons (Fsp3) is 0.926. The molecule has 0 spiro atoms. The van der Waals surface area contributed by atoms with Crippen molar-refractivity contribution in [3.63, 3.8) is 0 Å². The molecule has 0 aliphatic heterocycles. The molecule has 0 aromatic heterocycles. The minimum absolute atomic E-state index is 0.0339. The van der Waals surface area contributed by atoms with Crippen LogP contribution < -0.4 is 11.5 Å². The molecule has 0 aliphatic carbocycles. The van der Waals surface area contributed by atoms with Gasteiger partial charge in [0.1, 0.15) is 0 Å². The van der Waals surface area contributed by atoms with Crippen LogP contribution in [-0.4, -0.2) is 24.0 Å². The number of carbonyl (C=O) groups is 2. The molecule has 0 saturated heterocycles. The number of nitrogens with two attached hydrogens (primary N) is 2. The van der Waals surface area contributed by atoms with Crippen LogP contribution in [0.15, 0.2) is 0 Å². The van der Waals surface area contributed by atoms with Gasteiger partial charge in [0.05, 0.1) is 6.10 Å². The SMILES string of the molecule is CCCCCCCCC(CCCCC)(CCCCCCCC)C(C)OC(C(N)=O)C(N)=O. The van der Waals surface area contributed by atoms with Crippen molar-refractivity contribution in [1.82, 2.24) is 0 Å². The largest absolute Gasteiger partial charge is 0.367 e. The third-order valence-corrected chi connectivity index (χ3v) is 7.05. The summed E-state index contributed by atoms with van der Waals surface area (Å²) in [6, 6.07) is 0. The maximum absolute atomic E-state index is 11.8. The minimum atomic E-state index is -1.34. The molecule has 2 amide bonds. The van der Waals surface area contributed by atoms with Gasteiger partial charge in [0.15, 0.2) is 0 Å². The van der Waals surface area contributed by atoms with Gasteiger partial charge in [0.25, 0.3) is 11.8 Å². The zero-order valence-electron chi connectivity index (χ0n) is 21.8. The Morgan fingerprint density at radius 3 is 1.31 bits per heavy atom. The van der Waals surface area contributed by atoms with Crippen molar-refractivity contribution in [2.45, 2.75) is 155 Å². The van der Waals surface area contributed by atoms with Crippen molar-refractivity contribution < 1.29 is 14.3 Å². The predicted molar refractivity (Wildman–Crippen MR) is 135 cm³/mol. The van der Waals surface area contributed by atoms with Crippen molar-refractivity contribution >= 4 is 11.8 Å². The van der Waals surface area contributed by atoms with Crippen LogP contribution in [-0.2, 0) is 14.3 Å². The van der Waals surface area contributed by atoms with E-state index in [1.807, 2.05) is 6.92 Å². The average Bonchev–Trinajstić information content (AvgIpc) is 2.75. The van der Waals surface area contributed by atoms with Crippen LogP contribution in [0, 0.1) is 5.41 Å². The summed E-state index contributed by atoms with van der Waals surface area (Å²) in [4.78, 5) is 23.6. The van der Waals surface area contributed by atoms with E-state index in [-0.39, 0.29) is 11.5 Å². The first-order valence-electron chi connectivity index (χ1n) is 13.6. The van der Waals surface area contributed by atoms with Gasteiger partial charge in [-0.15, -0.1) is 0 Å². The third-order valence-electron chi connectivity index (χ3n) is 7.05. The van der Waals surface area contributed by atoms with Crippen LogP contribution in [0.25, 0.3) is 0 Å². The topological polar surface area (TPSA) is 95.4 Å². The molecule has 0 fully saturated rings. The molecule has 32 heavy (non-hydrogen) atoms. The summed E-state index contributed by atoms with van der Waals surface area (Å²) in [5.74, 6) is -1.57. The molecule has 0 saturated carbocycles. The van der Waals surface area contributed by atoms with E-state index in [1.165, 1.54) is 77.0 Å². The lowest BCUT2D eigenvalue weighted by molar-refractivity contribution is -0.153. The fourth-order valence-electron chi connectivity index (χ4n) is 4.85. The van der Waals surface area contributed by atoms with Crippen LogP contribution in [0.4, 0.5) is 0 Å². The molecule has 190 valence electrons. The van der Waals surface area contributed by atoms with Crippen molar-refractivity contribution in [2.75, 3.05) is 0 Å². The Bertz CT molecular complexity index is 452.